The molecule has 2 heterocycles. The molecule has 0 saturated carbocycles. The van der Waals surface area contributed by atoms with E-state index in [0.29, 0.717) is 28.1 Å². The van der Waals surface area contributed by atoms with Gasteiger partial charge in [-0.1, -0.05) is 47.0 Å². The first kappa shape index (κ1) is 21.4. The van der Waals surface area contributed by atoms with Crippen molar-refractivity contribution < 1.29 is 9.53 Å². The molecule has 0 aliphatic heterocycles. The number of hydrogen-bond donors (Lipinski definition) is 1. The summed E-state index contributed by atoms with van der Waals surface area (Å²) in [6.07, 6.45) is 1.52. The van der Waals surface area contributed by atoms with Crippen LogP contribution in [0.1, 0.15) is 26.4 Å². The molecule has 0 atom stereocenters. The van der Waals surface area contributed by atoms with Gasteiger partial charge in [-0.15, -0.1) is 16.4 Å². The van der Waals surface area contributed by atoms with E-state index in [1.807, 2.05) is 36.6 Å². The maximum Gasteiger partial charge on any atom is 0.268 e. The average Bonchev–Trinajstić information content (AvgIpc) is 3.40. The summed E-state index contributed by atoms with van der Waals surface area (Å²) >= 11 is 13.7. The number of rotatable bonds is 7. The highest BCUT2D eigenvalue weighted by molar-refractivity contribution is 7.12. The third kappa shape index (κ3) is 5.44. The summed E-state index contributed by atoms with van der Waals surface area (Å²) in [4.78, 5) is 17.2. The van der Waals surface area contributed by atoms with Crippen molar-refractivity contribution >= 4 is 46.4 Å². The molecule has 2 aromatic carbocycles. The summed E-state index contributed by atoms with van der Waals surface area (Å²) in [6.45, 7) is 2.76. The Bertz CT molecular complexity index is 1180. The number of nitrogens with zero attached hydrogens (tertiary/aromatic N) is 3. The van der Waals surface area contributed by atoms with Gasteiger partial charge in [-0.3, -0.25) is 10.1 Å². The second-order valence-corrected chi connectivity index (χ2v) is 8.57. The zero-order valence-electron chi connectivity index (χ0n) is 16.5. The van der Waals surface area contributed by atoms with Crippen LogP contribution in [0.15, 0.2) is 60.2 Å². The van der Waals surface area contributed by atoms with Crippen molar-refractivity contribution in [2.75, 3.05) is 5.32 Å². The Morgan fingerprint density at radius 1 is 1.16 bits per heavy atom. The number of carbonyl (C=O) groups excluding carboxylic acids is 1. The smallest absolute Gasteiger partial charge is 0.268 e. The Labute approximate surface area is 193 Å². The first-order chi connectivity index (χ1) is 15.0. The number of anilines is 1. The maximum atomic E-state index is 12.5. The van der Waals surface area contributed by atoms with Crippen molar-refractivity contribution in [1.82, 2.24) is 14.8 Å². The molecule has 31 heavy (non-hydrogen) atoms. The number of aromatic nitrogens is 3. The zero-order valence-corrected chi connectivity index (χ0v) is 18.8. The number of hydrogen-bond acceptors (Lipinski definition) is 5. The number of carbonyl (C=O) groups is 1. The minimum absolute atomic E-state index is 0.207. The highest BCUT2D eigenvalue weighted by Gasteiger charge is 2.13. The van der Waals surface area contributed by atoms with E-state index in [0.717, 1.165) is 16.9 Å². The maximum absolute atomic E-state index is 12.5. The Morgan fingerprint density at radius 2 is 1.90 bits per heavy atom. The third-order valence-corrected chi connectivity index (χ3v) is 6.13. The fourth-order valence-corrected chi connectivity index (χ4v) is 4.12. The third-order valence-electron chi connectivity index (χ3n) is 4.45. The van der Waals surface area contributed by atoms with E-state index in [4.69, 9.17) is 27.9 Å². The number of benzene rings is 2. The van der Waals surface area contributed by atoms with Gasteiger partial charge in [0.2, 0.25) is 5.95 Å². The molecule has 0 saturated heterocycles. The van der Waals surface area contributed by atoms with E-state index < -0.39 is 0 Å². The summed E-state index contributed by atoms with van der Waals surface area (Å²) < 4.78 is 7.33. The lowest BCUT2D eigenvalue weighted by atomic mass is 10.2. The van der Waals surface area contributed by atoms with Gasteiger partial charge < -0.3 is 4.74 Å². The van der Waals surface area contributed by atoms with Crippen molar-refractivity contribution in [3.63, 3.8) is 0 Å². The molecular formula is C22H18Cl2N4O2S. The molecule has 1 amide bonds. The Morgan fingerprint density at radius 3 is 2.65 bits per heavy atom. The van der Waals surface area contributed by atoms with E-state index >= 15 is 0 Å². The van der Waals surface area contributed by atoms with Crippen LogP contribution in [0.4, 0.5) is 5.95 Å². The van der Waals surface area contributed by atoms with Gasteiger partial charge >= 0.3 is 0 Å². The minimum atomic E-state index is -0.278. The van der Waals surface area contributed by atoms with Crippen LogP contribution in [0.2, 0.25) is 10.0 Å². The molecule has 0 radical (unpaired) electrons. The molecule has 0 fully saturated rings. The zero-order chi connectivity index (χ0) is 21.8. The van der Waals surface area contributed by atoms with Crippen molar-refractivity contribution in [1.29, 1.82) is 0 Å². The molecule has 0 unspecified atom stereocenters. The van der Waals surface area contributed by atoms with E-state index in [1.54, 1.807) is 28.9 Å². The summed E-state index contributed by atoms with van der Waals surface area (Å²) in [6, 6.07) is 14.9. The summed E-state index contributed by atoms with van der Waals surface area (Å²) in [5.74, 6) is 0.718. The van der Waals surface area contributed by atoms with Gasteiger partial charge in [0.05, 0.1) is 11.4 Å². The number of amides is 1. The predicted octanol–water partition coefficient (Wildman–Crippen LogP) is 5.83. The normalized spacial score (nSPS) is 10.8. The number of thiophene rings is 1. The number of halogens is 2. The molecule has 0 bridgehead atoms. The molecule has 158 valence electrons. The first-order valence-corrected chi connectivity index (χ1v) is 11.0. The Balaban J connectivity index is 1.35. The second kappa shape index (κ2) is 9.51. The second-order valence-electron chi connectivity index (χ2n) is 6.84. The average molecular weight is 473 g/mol. The van der Waals surface area contributed by atoms with Gasteiger partial charge in [0.1, 0.15) is 18.7 Å². The van der Waals surface area contributed by atoms with Gasteiger partial charge in [-0.25, -0.2) is 9.67 Å². The van der Waals surface area contributed by atoms with Crippen LogP contribution in [0.3, 0.4) is 0 Å². The molecule has 0 aliphatic rings. The fraction of sp³-hybridized carbons (Fsp3) is 0.136. The monoisotopic (exact) mass is 472 g/mol. The number of nitrogens with one attached hydrogen (secondary N) is 1. The van der Waals surface area contributed by atoms with Gasteiger partial charge in [-0.05, 0) is 42.6 Å². The summed E-state index contributed by atoms with van der Waals surface area (Å²) in [5, 5.41) is 9.98. The van der Waals surface area contributed by atoms with Crippen LogP contribution >= 0.6 is 34.5 Å². The van der Waals surface area contributed by atoms with Crippen LogP contribution in [0, 0.1) is 6.92 Å². The van der Waals surface area contributed by atoms with E-state index in [2.05, 4.69) is 15.4 Å². The summed E-state index contributed by atoms with van der Waals surface area (Å²) in [7, 11) is 0. The number of aryl methyl sites for hydroxylation is 1. The van der Waals surface area contributed by atoms with Gasteiger partial charge in [-0.2, -0.15) is 0 Å². The molecule has 0 aliphatic carbocycles. The molecule has 2 aromatic heterocycles. The molecule has 4 aromatic rings. The lowest BCUT2D eigenvalue weighted by Gasteiger charge is -2.06. The quantitative estimate of drug-likeness (QED) is 0.367. The van der Waals surface area contributed by atoms with E-state index in [9.17, 15) is 4.79 Å². The minimum Gasteiger partial charge on any atom is -0.489 e. The number of ether oxygens (including phenoxy) is 1. The van der Waals surface area contributed by atoms with Crippen LogP contribution in [-0.4, -0.2) is 20.7 Å². The summed E-state index contributed by atoms with van der Waals surface area (Å²) in [5.41, 5.74) is 2.83. The molecule has 9 heteroatoms. The van der Waals surface area contributed by atoms with Gasteiger partial charge in [0.15, 0.2) is 0 Å². The van der Waals surface area contributed by atoms with Crippen LogP contribution < -0.4 is 10.1 Å². The highest BCUT2D eigenvalue weighted by atomic mass is 35.5. The van der Waals surface area contributed by atoms with Crippen molar-refractivity contribution in [2.24, 2.45) is 0 Å². The lowest BCUT2D eigenvalue weighted by molar-refractivity contribution is 0.102. The van der Waals surface area contributed by atoms with Gasteiger partial charge in [0, 0.05) is 21.2 Å². The van der Waals surface area contributed by atoms with Crippen molar-refractivity contribution in [3.05, 3.63) is 91.9 Å². The van der Waals surface area contributed by atoms with Crippen LogP contribution in [0.5, 0.6) is 5.75 Å². The van der Waals surface area contributed by atoms with Crippen molar-refractivity contribution in [3.8, 4) is 5.75 Å². The predicted molar refractivity (Wildman–Crippen MR) is 123 cm³/mol. The molecule has 0 spiro atoms. The first-order valence-electron chi connectivity index (χ1n) is 9.38. The van der Waals surface area contributed by atoms with Crippen LogP contribution in [0.25, 0.3) is 0 Å². The Kier molecular flexibility index (Phi) is 6.56. The topological polar surface area (TPSA) is 69.0 Å². The van der Waals surface area contributed by atoms with E-state index in [1.165, 1.54) is 23.2 Å². The van der Waals surface area contributed by atoms with Crippen molar-refractivity contribution in [2.45, 2.75) is 20.1 Å². The fourth-order valence-electron chi connectivity index (χ4n) is 2.81. The van der Waals surface area contributed by atoms with Gasteiger partial charge in [0.25, 0.3) is 5.91 Å². The lowest BCUT2D eigenvalue weighted by Crippen LogP contribution is -2.12. The molecule has 1 N–H and O–H groups in total. The van der Waals surface area contributed by atoms with E-state index in [-0.39, 0.29) is 11.9 Å². The Hall–Kier alpha value is -2.87. The molecule has 4 rings (SSSR count). The highest BCUT2D eigenvalue weighted by Crippen LogP contribution is 2.25. The molecular weight excluding hydrogens is 455 g/mol. The molecule has 6 nitrogen and oxygen atoms in total. The van der Waals surface area contributed by atoms with Crippen LogP contribution in [-0.2, 0) is 13.2 Å². The largest absolute Gasteiger partial charge is 0.489 e. The SMILES string of the molecule is Cc1ccc(OCc2csc(C(=O)Nc3ncn(Cc4c(Cl)cccc4Cl)n3)c2)cc1. The standard InChI is InChI=1S/C22H18Cl2N4O2S/c1-14-5-7-16(8-6-14)30-11-15-9-20(31-12-15)21(29)26-22-25-13-28(27-22)10-17-18(23)3-2-4-19(17)24/h2-9,12-13H,10-11H2,1H3,(H,26,27,29).